The van der Waals surface area contributed by atoms with Crippen molar-refractivity contribution in [2.24, 2.45) is 5.73 Å². The lowest BCUT2D eigenvalue weighted by Gasteiger charge is -2.29. The number of hydrogen-bond donors (Lipinski definition) is 4. The molecule has 186 valence electrons. The number of aromatic nitrogens is 1. The van der Waals surface area contributed by atoms with E-state index in [9.17, 15) is 13.6 Å². The summed E-state index contributed by atoms with van der Waals surface area (Å²) >= 11 is 5.85. The van der Waals surface area contributed by atoms with Gasteiger partial charge in [-0.1, -0.05) is 44.0 Å². The minimum Gasteiger partial charge on any atom is -0.402 e. The molecule has 2 heterocycles. The number of rotatable bonds is 8. The van der Waals surface area contributed by atoms with Crippen molar-refractivity contribution >= 4 is 23.3 Å². The van der Waals surface area contributed by atoms with Crippen LogP contribution >= 0.6 is 11.6 Å². The molecule has 3 rings (SSSR count). The van der Waals surface area contributed by atoms with Gasteiger partial charge in [0.15, 0.2) is 11.6 Å². The van der Waals surface area contributed by atoms with E-state index in [0.29, 0.717) is 11.4 Å². The summed E-state index contributed by atoms with van der Waals surface area (Å²) in [6, 6.07) is 4.78. The van der Waals surface area contributed by atoms with Crippen molar-refractivity contribution < 1.29 is 13.6 Å². The molecule has 0 saturated carbocycles. The molecule has 0 spiro atoms. The summed E-state index contributed by atoms with van der Waals surface area (Å²) in [4.78, 5) is 18.7. The molecule has 1 aromatic carbocycles. The molecule has 0 bridgehead atoms. The van der Waals surface area contributed by atoms with Gasteiger partial charge in [0, 0.05) is 44.6 Å². The van der Waals surface area contributed by atoms with Crippen molar-refractivity contribution in [3.63, 3.8) is 0 Å². The average Bonchev–Trinajstić information content (AvgIpc) is 2.79. The fourth-order valence-corrected chi connectivity index (χ4v) is 3.43. The van der Waals surface area contributed by atoms with Crippen molar-refractivity contribution in [2.75, 3.05) is 32.0 Å². The molecule has 0 radical (unpaired) electrons. The van der Waals surface area contributed by atoms with Crippen molar-refractivity contribution in [1.82, 2.24) is 20.5 Å². The van der Waals surface area contributed by atoms with Gasteiger partial charge in [-0.05, 0) is 25.0 Å². The van der Waals surface area contributed by atoms with Gasteiger partial charge in [0.2, 0.25) is 0 Å². The number of nitrogens with zero attached hydrogens (tertiary/aromatic N) is 2. The largest absolute Gasteiger partial charge is 0.402 e. The summed E-state index contributed by atoms with van der Waals surface area (Å²) < 4.78 is 29.2. The number of carbonyl (C=O) groups is 1. The maximum Gasteiger partial charge on any atom is 0.261 e. The highest BCUT2D eigenvalue weighted by Crippen LogP contribution is 2.23. The standard InChI is InChI=1S/C21H25ClF2N6O.C3H8/c1-12-15(11-28-20(18(12)23)29-14-9-27-10-14)21(31)30(17(8-25)26-2)7-6-13-4-3-5-16(22)19(13)24;1-3-2/h3-5,8,11,14,26-27H,6-7,9-10,25H2,1-2H3,(H,28,29);3H2,1-2H3/b17-8+;. The Balaban J connectivity index is 0.00000129. The predicted octanol–water partition coefficient (Wildman–Crippen LogP) is 3.78. The Bertz CT molecular complexity index is 1010. The van der Waals surface area contributed by atoms with Crippen LogP contribution in [0.25, 0.3) is 0 Å². The van der Waals surface area contributed by atoms with Crippen LogP contribution in [0, 0.1) is 18.6 Å². The molecule has 34 heavy (non-hydrogen) atoms. The highest BCUT2D eigenvalue weighted by molar-refractivity contribution is 6.30. The van der Waals surface area contributed by atoms with E-state index >= 15 is 0 Å². The van der Waals surface area contributed by atoms with Crippen molar-refractivity contribution in [3.05, 3.63) is 69.8 Å². The number of nitrogens with two attached hydrogens (primary N) is 1. The zero-order chi connectivity index (χ0) is 25.3. The number of halogens is 3. The van der Waals surface area contributed by atoms with Crippen LogP contribution < -0.4 is 21.7 Å². The number of nitrogens with one attached hydrogen (secondary N) is 3. The second-order valence-corrected chi connectivity index (χ2v) is 8.29. The van der Waals surface area contributed by atoms with Crippen LogP contribution in [-0.4, -0.2) is 48.5 Å². The lowest BCUT2D eigenvalue weighted by molar-refractivity contribution is 0.0796. The first-order chi connectivity index (χ1) is 16.3. The molecule has 1 aromatic heterocycles. The molecular formula is C24H33ClF2N6O. The van der Waals surface area contributed by atoms with Gasteiger partial charge >= 0.3 is 0 Å². The number of anilines is 1. The van der Waals surface area contributed by atoms with Crippen molar-refractivity contribution in [3.8, 4) is 0 Å². The quantitative estimate of drug-likeness (QED) is 0.446. The second kappa shape index (κ2) is 13.1. The zero-order valence-corrected chi connectivity index (χ0v) is 20.8. The Labute approximate surface area is 204 Å². The third-order valence-electron chi connectivity index (χ3n) is 5.20. The monoisotopic (exact) mass is 494 g/mol. The second-order valence-electron chi connectivity index (χ2n) is 7.89. The third kappa shape index (κ3) is 6.57. The van der Waals surface area contributed by atoms with Crippen LogP contribution in [0.4, 0.5) is 14.6 Å². The van der Waals surface area contributed by atoms with Gasteiger partial charge < -0.3 is 21.7 Å². The SMILES string of the molecule is CCC.CN/C(=C\N)N(CCc1cccc(Cl)c1F)C(=O)c1cnc(NC2CNC2)c(F)c1C. The van der Waals surface area contributed by atoms with E-state index in [4.69, 9.17) is 17.3 Å². The summed E-state index contributed by atoms with van der Waals surface area (Å²) in [7, 11) is 1.60. The summed E-state index contributed by atoms with van der Waals surface area (Å²) in [5.74, 6) is -1.22. The Morgan fingerprint density at radius 1 is 1.32 bits per heavy atom. The highest BCUT2D eigenvalue weighted by Gasteiger charge is 2.26. The zero-order valence-electron chi connectivity index (χ0n) is 20.0. The highest BCUT2D eigenvalue weighted by atomic mass is 35.5. The van der Waals surface area contributed by atoms with Gasteiger partial charge in [-0.3, -0.25) is 9.69 Å². The normalized spacial score (nSPS) is 13.4. The first-order valence-corrected chi connectivity index (χ1v) is 11.6. The maximum absolute atomic E-state index is 14.9. The van der Waals surface area contributed by atoms with E-state index in [0.717, 1.165) is 13.1 Å². The van der Waals surface area contributed by atoms with Crippen LogP contribution in [0.1, 0.15) is 41.8 Å². The molecule has 0 unspecified atom stereocenters. The smallest absolute Gasteiger partial charge is 0.261 e. The molecule has 1 aliphatic heterocycles. The lowest BCUT2D eigenvalue weighted by atomic mass is 10.1. The molecule has 2 aromatic rings. The molecule has 1 aliphatic rings. The molecule has 1 fully saturated rings. The van der Waals surface area contributed by atoms with E-state index in [2.05, 4.69) is 34.8 Å². The minimum atomic E-state index is -0.582. The van der Waals surface area contributed by atoms with Crippen molar-refractivity contribution in [1.29, 1.82) is 0 Å². The maximum atomic E-state index is 14.9. The van der Waals surface area contributed by atoms with Gasteiger partial charge in [-0.2, -0.15) is 0 Å². The minimum absolute atomic E-state index is 0.00505. The number of hydrogen-bond acceptors (Lipinski definition) is 6. The summed E-state index contributed by atoms with van der Waals surface area (Å²) in [6.45, 7) is 7.31. The lowest BCUT2D eigenvalue weighted by Crippen LogP contribution is -2.51. The molecule has 5 N–H and O–H groups in total. The Hall–Kier alpha value is -2.91. The predicted molar refractivity (Wildman–Crippen MR) is 133 cm³/mol. The molecule has 1 amide bonds. The van der Waals surface area contributed by atoms with Crippen molar-refractivity contribution in [2.45, 2.75) is 39.7 Å². The van der Waals surface area contributed by atoms with Crippen LogP contribution in [0.3, 0.4) is 0 Å². The van der Waals surface area contributed by atoms with E-state index in [1.165, 1.54) is 36.7 Å². The average molecular weight is 495 g/mol. The summed E-state index contributed by atoms with van der Waals surface area (Å²) in [5.41, 5.74) is 6.29. The Morgan fingerprint density at radius 3 is 2.56 bits per heavy atom. The van der Waals surface area contributed by atoms with Gasteiger partial charge in [0.05, 0.1) is 16.6 Å². The fraction of sp³-hybridized carbons (Fsp3) is 0.417. The number of benzene rings is 1. The summed E-state index contributed by atoms with van der Waals surface area (Å²) in [5, 5.41) is 8.95. The van der Waals surface area contributed by atoms with E-state index in [-0.39, 0.29) is 41.0 Å². The van der Waals surface area contributed by atoms with Crippen LogP contribution in [0.2, 0.25) is 5.02 Å². The molecule has 7 nitrogen and oxygen atoms in total. The van der Waals surface area contributed by atoms with Gasteiger partial charge in [0.25, 0.3) is 5.91 Å². The first kappa shape index (κ1) is 27.3. The topological polar surface area (TPSA) is 95.3 Å². The van der Waals surface area contributed by atoms with Gasteiger partial charge in [-0.15, -0.1) is 0 Å². The van der Waals surface area contributed by atoms with Gasteiger partial charge in [-0.25, -0.2) is 13.8 Å². The fourth-order valence-electron chi connectivity index (χ4n) is 3.24. The number of amides is 1. The molecule has 10 heteroatoms. The summed E-state index contributed by atoms with van der Waals surface area (Å²) in [6.07, 6.45) is 4.00. The Morgan fingerprint density at radius 2 is 2.00 bits per heavy atom. The van der Waals surface area contributed by atoms with E-state index < -0.39 is 17.5 Å². The third-order valence-corrected chi connectivity index (χ3v) is 5.49. The van der Waals surface area contributed by atoms with Crippen LogP contribution in [0.15, 0.2) is 36.4 Å². The number of pyridine rings is 1. The molecule has 0 atom stereocenters. The van der Waals surface area contributed by atoms with E-state index in [1.54, 1.807) is 19.2 Å². The van der Waals surface area contributed by atoms with Crippen LogP contribution in [0.5, 0.6) is 0 Å². The molecule has 1 saturated heterocycles. The van der Waals surface area contributed by atoms with Crippen LogP contribution in [-0.2, 0) is 6.42 Å². The molecule has 0 aliphatic carbocycles. The van der Waals surface area contributed by atoms with Gasteiger partial charge in [0.1, 0.15) is 11.6 Å². The first-order valence-electron chi connectivity index (χ1n) is 11.3. The number of carbonyl (C=O) groups excluding carboxylic acids is 1. The Kier molecular flexibility index (Phi) is 10.5. The molecular weight excluding hydrogens is 462 g/mol. The van der Waals surface area contributed by atoms with E-state index in [1.807, 2.05) is 0 Å².